The second-order valence-corrected chi connectivity index (χ2v) is 8.66. The molecule has 1 aliphatic heterocycles. The molecular weight excluding hydrogens is 356 g/mol. The topological polar surface area (TPSA) is 95.0 Å². The smallest absolute Gasteiger partial charge is 0.305 e. The molecule has 0 spiro atoms. The number of carboxylic acid groups (broad SMARTS) is 1. The van der Waals surface area contributed by atoms with Gasteiger partial charge in [0.15, 0.2) is 0 Å². The van der Waals surface area contributed by atoms with Gasteiger partial charge in [0.1, 0.15) is 0 Å². The van der Waals surface area contributed by atoms with E-state index < -0.39 is 16.0 Å². The van der Waals surface area contributed by atoms with Gasteiger partial charge in [-0.05, 0) is 51.0 Å². The van der Waals surface area contributed by atoms with Crippen molar-refractivity contribution in [2.45, 2.75) is 50.5 Å². The predicted octanol–water partition coefficient (Wildman–Crippen LogP) is 2.19. The van der Waals surface area contributed by atoms with Crippen molar-refractivity contribution < 1.29 is 23.1 Å². The molecule has 1 aromatic rings. The molecule has 7 nitrogen and oxygen atoms in total. The van der Waals surface area contributed by atoms with E-state index in [1.54, 1.807) is 0 Å². The monoisotopic (exact) mass is 382 g/mol. The van der Waals surface area contributed by atoms with E-state index in [9.17, 15) is 18.0 Å². The third-order valence-electron chi connectivity index (χ3n) is 4.50. The quantitative estimate of drug-likeness (QED) is 0.780. The first-order chi connectivity index (χ1) is 12.2. The van der Waals surface area contributed by atoms with Crippen molar-refractivity contribution in [3.05, 3.63) is 29.8 Å². The van der Waals surface area contributed by atoms with Crippen molar-refractivity contribution in [2.24, 2.45) is 0 Å². The number of nitrogens with zero attached hydrogens (tertiary/aromatic N) is 2. The lowest BCUT2D eigenvalue weighted by atomic mass is 10.1. The first-order valence-corrected chi connectivity index (χ1v) is 10.3. The minimum absolute atomic E-state index is 0.111. The lowest BCUT2D eigenvalue weighted by Gasteiger charge is -2.27. The molecule has 0 atom stereocenters. The molecule has 0 radical (unpaired) electrons. The minimum Gasteiger partial charge on any atom is -0.481 e. The van der Waals surface area contributed by atoms with Crippen LogP contribution in [0.15, 0.2) is 29.2 Å². The van der Waals surface area contributed by atoms with Crippen LogP contribution in [0.4, 0.5) is 0 Å². The summed E-state index contributed by atoms with van der Waals surface area (Å²) < 4.78 is 26.8. The van der Waals surface area contributed by atoms with Gasteiger partial charge in [-0.1, -0.05) is 6.42 Å². The fraction of sp³-hybridized carbons (Fsp3) is 0.556. The number of hydrogen-bond donors (Lipinski definition) is 1. The van der Waals surface area contributed by atoms with Crippen molar-refractivity contribution in [3.8, 4) is 0 Å². The van der Waals surface area contributed by atoms with Crippen LogP contribution in [0.1, 0.15) is 49.9 Å². The number of aliphatic carboxylic acids is 1. The van der Waals surface area contributed by atoms with Crippen molar-refractivity contribution in [1.29, 1.82) is 0 Å². The molecule has 8 heteroatoms. The summed E-state index contributed by atoms with van der Waals surface area (Å²) in [6, 6.07) is 5.74. The molecule has 144 valence electrons. The Kier molecular flexibility index (Phi) is 6.77. The Bertz CT molecular complexity index is 737. The molecule has 1 amide bonds. The van der Waals surface area contributed by atoms with Gasteiger partial charge in [-0.2, -0.15) is 4.31 Å². The van der Waals surface area contributed by atoms with Crippen LogP contribution in [0.2, 0.25) is 0 Å². The summed E-state index contributed by atoms with van der Waals surface area (Å²) in [4.78, 5) is 25.1. The van der Waals surface area contributed by atoms with Gasteiger partial charge in [-0.25, -0.2) is 8.42 Å². The molecule has 1 saturated heterocycles. The molecule has 1 aromatic carbocycles. The van der Waals surface area contributed by atoms with Crippen LogP contribution in [-0.2, 0) is 14.8 Å². The van der Waals surface area contributed by atoms with Crippen molar-refractivity contribution >= 4 is 21.9 Å². The average Bonchev–Trinajstić information content (AvgIpc) is 2.62. The number of carboxylic acids is 1. The summed E-state index contributed by atoms with van der Waals surface area (Å²) >= 11 is 0. The van der Waals surface area contributed by atoms with Gasteiger partial charge in [-0.15, -0.1) is 0 Å². The van der Waals surface area contributed by atoms with E-state index in [0.29, 0.717) is 18.7 Å². The van der Waals surface area contributed by atoms with Crippen LogP contribution in [-0.4, -0.2) is 60.3 Å². The zero-order valence-corrected chi connectivity index (χ0v) is 16.0. The molecule has 26 heavy (non-hydrogen) atoms. The normalized spacial score (nSPS) is 15.8. The van der Waals surface area contributed by atoms with Crippen molar-refractivity contribution in [2.75, 3.05) is 19.6 Å². The van der Waals surface area contributed by atoms with Crippen LogP contribution in [0.25, 0.3) is 0 Å². The molecule has 1 fully saturated rings. The van der Waals surface area contributed by atoms with Crippen molar-refractivity contribution in [1.82, 2.24) is 9.21 Å². The van der Waals surface area contributed by atoms with Gasteiger partial charge in [0.2, 0.25) is 10.0 Å². The highest BCUT2D eigenvalue weighted by atomic mass is 32.2. The van der Waals surface area contributed by atoms with E-state index in [1.807, 2.05) is 13.8 Å². The Morgan fingerprint density at radius 3 is 2.19 bits per heavy atom. The van der Waals surface area contributed by atoms with Gasteiger partial charge in [0.05, 0.1) is 11.3 Å². The highest BCUT2D eigenvalue weighted by molar-refractivity contribution is 7.89. The number of amides is 1. The maximum atomic E-state index is 12.7. The largest absolute Gasteiger partial charge is 0.481 e. The number of benzene rings is 1. The third kappa shape index (κ3) is 4.82. The molecule has 0 bridgehead atoms. The van der Waals surface area contributed by atoms with E-state index in [1.165, 1.54) is 33.5 Å². The van der Waals surface area contributed by atoms with Gasteiger partial charge in [-0.3, -0.25) is 9.59 Å². The third-order valence-corrected chi connectivity index (χ3v) is 6.42. The van der Waals surface area contributed by atoms with Crippen LogP contribution in [0, 0.1) is 0 Å². The number of carbonyl (C=O) groups excluding carboxylic acids is 1. The lowest BCUT2D eigenvalue weighted by molar-refractivity contribution is -0.137. The summed E-state index contributed by atoms with van der Waals surface area (Å²) in [5, 5.41) is 8.84. The van der Waals surface area contributed by atoms with Gasteiger partial charge in [0, 0.05) is 31.2 Å². The van der Waals surface area contributed by atoms with Gasteiger partial charge < -0.3 is 10.0 Å². The van der Waals surface area contributed by atoms with Crippen LogP contribution >= 0.6 is 0 Å². The van der Waals surface area contributed by atoms with E-state index >= 15 is 0 Å². The minimum atomic E-state index is -3.53. The van der Waals surface area contributed by atoms with Crippen LogP contribution in [0.5, 0.6) is 0 Å². The van der Waals surface area contributed by atoms with E-state index in [2.05, 4.69) is 0 Å². The average molecular weight is 382 g/mol. The Balaban J connectivity index is 2.16. The second kappa shape index (κ2) is 8.64. The van der Waals surface area contributed by atoms with Gasteiger partial charge in [0.25, 0.3) is 5.91 Å². The Hall–Kier alpha value is -1.93. The van der Waals surface area contributed by atoms with Gasteiger partial charge >= 0.3 is 5.97 Å². The number of rotatable bonds is 7. The zero-order valence-electron chi connectivity index (χ0n) is 15.2. The molecule has 1 N–H and O–H groups in total. The fourth-order valence-electron chi connectivity index (χ4n) is 3.00. The number of hydrogen-bond acceptors (Lipinski definition) is 4. The molecule has 0 aliphatic carbocycles. The van der Waals surface area contributed by atoms with Crippen LogP contribution in [0.3, 0.4) is 0 Å². The van der Waals surface area contributed by atoms with E-state index in [0.717, 1.165) is 19.3 Å². The molecular formula is C18H26N2O5S. The molecule has 0 unspecified atom stereocenters. The number of sulfonamides is 1. The summed E-state index contributed by atoms with van der Waals surface area (Å²) in [5.74, 6) is -1.27. The Morgan fingerprint density at radius 1 is 1.12 bits per heavy atom. The lowest BCUT2D eigenvalue weighted by Crippen LogP contribution is -2.38. The molecule has 0 aromatic heterocycles. The second-order valence-electron chi connectivity index (χ2n) is 6.73. The maximum absolute atomic E-state index is 12.7. The Labute approximate surface area is 154 Å². The summed E-state index contributed by atoms with van der Waals surface area (Å²) in [7, 11) is -3.53. The van der Waals surface area contributed by atoms with Crippen molar-refractivity contribution in [3.63, 3.8) is 0 Å². The van der Waals surface area contributed by atoms with E-state index in [-0.39, 0.29) is 29.8 Å². The standard InChI is InChI=1S/C18H26N2O5S/c1-14(2)20(13-10-17(21)22)18(23)15-6-8-16(9-7-15)26(24,25)19-11-4-3-5-12-19/h6-9,14H,3-5,10-13H2,1-2H3,(H,21,22). The highest BCUT2D eigenvalue weighted by Gasteiger charge is 2.26. The molecule has 2 rings (SSSR count). The fourth-order valence-corrected chi connectivity index (χ4v) is 4.52. The zero-order chi connectivity index (χ0) is 19.3. The van der Waals surface area contributed by atoms with Crippen LogP contribution < -0.4 is 0 Å². The first-order valence-electron chi connectivity index (χ1n) is 8.86. The SMILES string of the molecule is CC(C)N(CCC(=O)O)C(=O)c1ccc(S(=O)(=O)N2CCCCC2)cc1. The summed E-state index contributed by atoms with van der Waals surface area (Å²) in [5.41, 5.74) is 0.349. The van der Waals surface area contributed by atoms with E-state index in [4.69, 9.17) is 5.11 Å². The summed E-state index contributed by atoms with van der Waals surface area (Å²) in [6.45, 7) is 4.79. The summed E-state index contributed by atoms with van der Waals surface area (Å²) in [6.07, 6.45) is 2.64. The Morgan fingerprint density at radius 2 is 1.69 bits per heavy atom. The number of carbonyl (C=O) groups is 2. The maximum Gasteiger partial charge on any atom is 0.305 e. The molecule has 1 aliphatic rings. The highest BCUT2D eigenvalue weighted by Crippen LogP contribution is 2.21. The first kappa shape index (κ1) is 20.4. The number of piperidine rings is 1. The molecule has 0 saturated carbocycles. The predicted molar refractivity (Wildman–Crippen MR) is 97.5 cm³/mol. The molecule has 1 heterocycles.